The molecule has 144 valence electrons. The maximum absolute atomic E-state index is 12.5. The maximum Gasteiger partial charge on any atom is 0.329 e. The number of halogens is 1. The molecule has 1 aliphatic heterocycles. The number of phenols is 1. The summed E-state index contributed by atoms with van der Waals surface area (Å²) < 4.78 is 5.61. The van der Waals surface area contributed by atoms with E-state index in [0.29, 0.717) is 21.5 Å². The number of para-hydroxylation sites is 2. The molecule has 1 heterocycles. The van der Waals surface area contributed by atoms with Gasteiger partial charge in [-0.05, 0) is 51.8 Å². The number of carbonyl (C=O) groups is 3. The molecule has 9 heteroatoms. The predicted molar refractivity (Wildman–Crippen MR) is 106 cm³/mol. The average Bonchev–Trinajstić information content (AvgIpc) is 2.92. The van der Waals surface area contributed by atoms with E-state index in [1.807, 2.05) is 0 Å². The number of ether oxygens (including phenoxy) is 1. The zero-order valence-electron chi connectivity index (χ0n) is 14.7. The molecule has 1 saturated heterocycles. The third-order valence-electron chi connectivity index (χ3n) is 3.93. The van der Waals surface area contributed by atoms with Crippen molar-refractivity contribution >= 4 is 45.5 Å². The summed E-state index contributed by atoms with van der Waals surface area (Å²) in [5, 5.41) is 14.6. The van der Waals surface area contributed by atoms with E-state index in [1.54, 1.807) is 36.4 Å². The van der Waals surface area contributed by atoms with Crippen molar-refractivity contribution in [1.82, 2.24) is 10.2 Å². The van der Waals surface area contributed by atoms with Crippen LogP contribution in [-0.4, -0.2) is 41.5 Å². The van der Waals surface area contributed by atoms with Gasteiger partial charge >= 0.3 is 6.03 Å². The third kappa shape index (κ3) is 4.15. The van der Waals surface area contributed by atoms with Gasteiger partial charge in [0.05, 0.1) is 17.3 Å². The van der Waals surface area contributed by atoms with Gasteiger partial charge in [0.15, 0.2) is 0 Å². The van der Waals surface area contributed by atoms with Crippen molar-refractivity contribution in [2.24, 2.45) is 0 Å². The number of hydrogen-bond donors (Lipinski definition) is 3. The first-order chi connectivity index (χ1) is 13.4. The molecule has 4 amide bonds. The molecule has 0 bridgehead atoms. The van der Waals surface area contributed by atoms with E-state index in [0.717, 1.165) is 4.90 Å². The molecule has 2 aromatic carbocycles. The first-order valence-corrected chi connectivity index (χ1v) is 8.94. The van der Waals surface area contributed by atoms with Crippen molar-refractivity contribution in [3.8, 4) is 11.5 Å². The number of benzene rings is 2. The Bertz CT molecular complexity index is 989. The molecule has 0 atom stereocenters. The van der Waals surface area contributed by atoms with Gasteiger partial charge in [-0.25, -0.2) is 9.69 Å². The fourth-order valence-corrected chi connectivity index (χ4v) is 2.97. The molecule has 0 unspecified atom stereocenters. The zero-order chi connectivity index (χ0) is 20.3. The number of nitrogens with zero attached hydrogens (tertiary/aromatic N) is 1. The number of hydrogen-bond acceptors (Lipinski definition) is 5. The Balaban J connectivity index is 1.72. The lowest BCUT2D eigenvalue weighted by Gasteiger charge is -2.13. The van der Waals surface area contributed by atoms with Crippen molar-refractivity contribution in [2.45, 2.75) is 0 Å². The average molecular weight is 446 g/mol. The molecular formula is C19H16BrN3O5. The Morgan fingerprint density at radius 1 is 1.29 bits per heavy atom. The Hall–Kier alpha value is -3.33. The normalized spacial score (nSPS) is 14.9. The molecule has 2 aromatic rings. The number of carbonyl (C=O) groups excluding carboxylic acids is 3. The zero-order valence-corrected chi connectivity index (χ0v) is 16.3. The molecule has 0 saturated carbocycles. The fraction of sp³-hybridized carbons (Fsp3) is 0.105. The van der Waals surface area contributed by atoms with E-state index in [4.69, 9.17) is 4.74 Å². The van der Waals surface area contributed by atoms with Gasteiger partial charge in [0.25, 0.3) is 5.91 Å². The highest BCUT2D eigenvalue weighted by atomic mass is 79.9. The second-order valence-electron chi connectivity index (χ2n) is 5.84. The van der Waals surface area contributed by atoms with Gasteiger partial charge in [-0.1, -0.05) is 18.2 Å². The summed E-state index contributed by atoms with van der Waals surface area (Å²) in [5.41, 5.74) is 1.06. The Labute approximate surface area is 168 Å². The SMILES string of the molecule is COc1ccccc1NC(=O)CN1C(=O)N/C(=C/c2ccc(O)c(Br)c2)C1=O. The molecule has 0 aromatic heterocycles. The molecule has 28 heavy (non-hydrogen) atoms. The summed E-state index contributed by atoms with van der Waals surface area (Å²) in [5.74, 6) is -0.642. The van der Waals surface area contributed by atoms with Crippen LogP contribution in [0, 0.1) is 0 Å². The lowest BCUT2D eigenvalue weighted by molar-refractivity contribution is -0.127. The number of phenolic OH excluding ortho intramolecular Hbond substituents is 1. The van der Waals surface area contributed by atoms with Crippen molar-refractivity contribution in [1.29, 1.82) is 0 Å². The molecule has 3 rings (SSSR count). The van der Waals surface area contributed by atoms with Crippen LogP contribution in [0.25, 0.3) is 6.08 Å². The van der Waals surface area contributed by atoms with E-state index in [9.17, 15) is 19.5 Å². The first kappa shape index (κ1) is 19.4. The highest BCUT2D eigenvalue weighted by molar-refractivity contribution is 9.10. The fourth-order valence-electron chi connectivity index (χ4n) is 2.58. The monoisotopic (exact) mass is 445 g/mol. The van der Waals surface area contributed by atoms with Crippen LogP contribution in [0.2, 0.25) is 0 Å². The van der Waals surface area contributed by atoms with Gasteiger partial charge in [-0.2, -0.15) is 0 Å². The highest BCUT2D eigenvalue weighted by Crippen LogP contribution is 2.26. The lowest BCUT2D eigenvalue weighted by atomic mass is 10.2. The highest BCUT2D eigenvalue weighted by Gasteiger charge is 2.35. The minimum Gasteiger partial charge on any atom is -0.507 e. The standard InChI is InChI=1S/C19H16BrN3O5/c1-28-16-5-3-2-4-13(16)21-17(25)10-23-18(26)14(22-19(23)27)9-11-6-7-15(24)12(20)8-11/h2-9,24H,10H2,1H3,(H,21,25)(H,22,27)/b14-9+. The molecule has 0 radical (unpaired) electrons. The van der Waals surface area contributed by atoms with Crippen molar-refractivity contribution in [3.63, 3.8) is 0 Å². The van der Waals surface area contributed by atoms with Crippen LogP contribution < -0.4 is 15.4 Å². The first-order valence-electron chi connectivity index (χ1n) is 8.15. The lowest BCUT2D eigenvalue weighted by Crippen LogP contribution is -2.38. The molecule has 0 spiro atoms. The number of anilines is 1. The number of nitrogens with one attached hydrogen (secondary N) is 2. The van der Waals surface area contributed by atoms with Crippen LogP contribution in [0.5, 0.6) is 11.5 Å². The van der Waals surface area contributed by atoms with Crippen molar-refractivity contribution < 1.29 is 24.2 Å². The second-order valence-corrected chi connectivity index (χ2v) is 6.69. The molecule has 0 aliphatic carbocycles. The minimum atomic E-state index is -0.690. The topological polar surface area (TPSA) is 108 Å². The summed E-state index contributed by atoms with van der Waals surface area (Å²) in [6.07, 6.45) is 1.46. The van der Waals surface area contributed by atoms with E-state index in [-0.39, 0.29) is 11.4 Å². The van der Waals surface area contributed by atoms with Crippen LogP contribution >= 0.6 is 15.9 Å². The Kier molecular flexibility index (Phi) is 5.65. The van der Waals surface area contributed by atoms with Crippen molar-refractivity contribution in [2.75, 3.05) is 19.0 Å². The number of imide groups is 1. The van der Waals surface area contributed by atoms with E-state index in [1.165, 1.54) is 19.3 Å². The smallest absolute Gasteiger partial charge is 0.329 e. The quantitative estimate of drug-likeness (QED) is 0.484. The largest absolute Gasteiger partial charge is 0.507 e. The van der Waals surface area contributed by atoms with Gasteiger partial charge in [-0.15, -0.1) is 0 Å². The Morgan fingerprint density at radius 2 is 2.04 bits per heavy atom. The number of amides is 4. The van der Waals surface area contributed by atoms with Crippen LogP contribution in [-0.2, 0) is 9.59 Å². The van der Waals surface area contributed by atoms with Gasteiger partial charge < -0.3 is 20.5 Å². The van der Waals surface area contributed by atoms with Crippen LogP contribution in [0.1, 0.15) is 5.56 Å². The second kappa shape index (κ2) is 8.13. The third-order valence-corrected chi connectivity index (χ3v) is 4.56. The predicted octanol–water partition coefficient (Wildman–Crippen LogP) is 2.69. The molecule has 3 N–H and O–H groups in total. The van der Waals surface area contributed by atoms with Crippen LogP contribution in [0.15, 0.2) is 52.6 Å². The van der Waals surface area contributed by atoms with E-state index >= 15 is 0 Å². The summed E-state index contributed by atoms with van der Waals surface area (Å²) >= 11 is 3.19. The molecule has 8 nitrogen and oxygen atoms in total. The van der Waals surface area contributed by atoms with Gasteiger partial charge in [0.1, 0.15) is 23.7 Å². The number of methoxy groups -OCH3 is 1. The number of rotatable bonds is 5. The van der Waals surface area contributed by atoms with Crippen LogP contribution in [0.4, 0.5) is 10.5 Å². The van der Waals surface area contributed by atoms with Gasteiger partial charge in [-0.3, -0.25) is 9.59 Å². The summed E-state index contributed by atoms with van der Waals surface area (Å²) in [6, 6.07) is 10.8. The summed E-state index contributed by atoms with van der Waals surface area (Å²) in [6.45, 7) is -0.445. The molecular weight excluding hydrogens is 430 g/mol. The Morgan fingerprint density at radius 3 is 2.75 bits per heavy atom. The molecule has 1 fully saturated rings. The van der Waals surface area contributed by atoms with E-state index in [2.05, 4.69) is 26.6 Å². The summed E-state index contributed by atoms with van der Waals surface area (Å²) in [7, 11) is 1.47. The molecule has 1 aliphatic rings. The number of aromatic hydroxyl groups is 1. The van der Waals surface area contributed by atoms with Crippen molar-refractivity contribution in [3.05, 3.63) is 58.2 Å². The maximum atomic E-state index is 12.5. The van der Waals surface area contributed by atoms with Gasteiger partial charge in [0.2, 0.25) is 5.91 Å². The van der Waals surface area contributed by atoms with Gasteiger partial charge in [0, 0.05) is 0 Å². The van der Waals surface area contributed by atoms with Crippen LogP contribution in [0.3, 0.4) is 0 Å². The number of urea groups is 1. The van der Waals surface area contributed by atoms with E-state index < -0.39 is 24.4 Å². The minimum absolute atomic E-state index is 0.0349. The summed E-state index contributed by atoms with van der Waals surface area (Å²) in [4.78, 5) is 37.7.